The number of hydrogen-bond acceptors (Lipinski definition) is 5. The lowest BCUT2D eigenvalue weighted by atomic mass is 9.74. The summed E-state index contributed by atoms with van der Waals surface area (Å²) in [6.07, 6.45) is 11.9. The van der Waals surface area contributed by atoms with Gasteiger partial charge in [-0.15, -0.1) is 0 Å². The predicted octanol–water partition coefficient (Wildman–Crippen LogP) is 3.66. The Morgan fingerprint density at radius 1 is 1.02 bits per heavy atom. The van der Waals surface area contributed by atoms with Crippen LogP contribution >= 0.6 is 0 Å². The highest BCUT2D eigenvalue weighted by molar-refractivity contribution is 6.02. The lowest BCUT2D eigenvalue weighted by Crippen LogP contribution is -2.56. The topological polar surface area (TPSA) is 91.0 Å². The number of carbonyl (C=O) groups is 3. The van der Waals surface area contributed by atoms with Crippen LogP contribution in [0.3, 0.4) is 0 Å². The summed E-state index contributed by atoms with van der Waals surface area (Å²) in [5.74, 6) is -1.18. The van der Waals surface area contributed by atoms with Crippen molar-refractivity contribution in [2.45, 2.75) is 89.0 Å². The van der Waals surface area contributed by atoms with Gasteiger partial charge in [0.15, 0.2) is 0 Å². The van der Waals surface area contributed by atoms with Gasteiger partial charge in [-0.2, -0.15) is 0 Å². The molecule has 1 saturated carbocycles. The molecule has 6 rings (SSSR count). The highest BCUT2D eigenvalue weighted by Crippen LogP contribution is 2.55. The first-order valence-corrected chi connectivity index (χ1v) is 15.4. The summed E-state index contributed by atoms with van der Waals surface area (Å²) >= 11 is 0. The molecular weight excluding hydrogens is 504 g/mol. The van der Waals surface area contributed by atoms with E-state index in [2.05, 4.69) is 22.5 Å². The number of hydrogen-bond donors (Lipinski definition) is 2. The second-order valence-corrected chi connectivity index (χ2v) is 12.8. The number of amides is 3. The molecule has 3 amide bonds. The number of nitrogens with zero attached hydrogens (tertiary/aromatic N) is 2. The standard InChI is InChI=1S/C32H44N4O4/c1-21-11-13-24(14-12-21)33-29(37)26-25-15-16-32(40-25)27(26)31(39)36(19-7-18-35-17-6-8-22(2)20-35)28(32)30(38)34-23-9-4-3-5-10-23/h11-16,22-23,25-28H,3-10,17-20H2,1-2H3,(H,33,37)(H,34,38)/t22-,25-,26+,27-,28+,32-/m0/s1. The van der Waals surface area contributed by atoms with Crippen LogP contribution in [0.2, 0.25) is 0 Å². The molecule has 2 N–H and O–H groups in total. The van der Waals surface area contributed by atoms with E-state index in [1.54, 1.807) is 4.90 Å². The maximum Gasteiger partial charge on any atom is 0.246 e. The van der Waals surface area contributed by atoms with Gasteiger partial charge in [-0.3, -0.25) is 14.4 Å². The van der Waals surface area contributed by atoms with Crippen LogP contribution in [0.4, 0.5) is 5.69 Å². The van der Waals surface area contributed by atoms with E-state index in [0.29, 0.717) is 18.2 Å². The first-order chi connectivity index (χ1) is 19.4. The molecule has 1 spiro atoms. The highest BCUT2D eigenvalue weighted by atomic mass is 16.5. The van der Waals surface area contributed by atoms with Crippen molar-refractivity contribution < 1.29 is 19.1 Å². The van der Waals surface area contributed by atoms with Crippen LogP contribution in [0.15, 0.2) is 36.4 Å². The van der Waals surface area contributed by atoms with Crippen LogP contribution in [0.5, 0.6) is 0 Å². The van der Waals surface area contributed by atoms with Crippen LogP contribution in [-0.4, -0.2) is 77.5 Å². The summed E-state index contributed by atoms with van der Waals surface area (Å²) in [6.45, 7) is 7.86. The molecule has 1 aromatic rings. The molecule has 4 fully saturated rings. The lowest BCUT2D eigenvalue weighted by molar-refractivity contribution is -0.141. The zero-order valence-electron chi connectivity index (χ0n) is 23.9. The average Bonchev–Trinajstić information content (AvgIpc) is 3.58. The minimum absolute atomic E-state index is 0.131. The van der Waals surface area contributed by atoms with Crippen molar-refractivity contribution in [1.29, 1.82) is 0 Å². The van der Waals surface area contributed by atoms with Crippen LogP contribution in [0.1, 0.15) is 63.9 Å². The third-order valence-electron chi connectivity index (χ3n) is 9.81. The molecule has 216 valence electrons. The number of carbonyl (C=O) groups excluding carboxylic acids is 3. The Morgan fingerprint density at radius 2 is 1.80 bits per heavy atom. The first-order valence-electron chi connectivity index (χ1n) is 15.4. The summed E-state index contributed by atoms with van der Waals surface area (Å²) in [5.41, 5.74) is 0.701. The Labute approximate surface area is 237 Å². The Morgan fingerprint density at radius 3 is 2.55 bits per heavy atom. The fourth-order valence-corrected chi connectivity index (χ4v) is 7.85. The van der Waals surface area contributed by atoms with Crippen LogP contribution in [0.25, 0.3) is 0 Å². The smallest absolute Gasteiger partial charge is 0.246 e. The van der Waals surface area contributed by atoms with Gasteiger partial charge in [0, 0.05) is 24.8 Å². The predicted molar refractivity (Wildman–Crippen MR) is 154 cm³/mol. The second kappa shape index (κ2) is 11.3. The average molecular weight is 549 g/mol. The Kier molecular flexibility index (Phi) is 7.75. The largest absolute Gasteiger partial charge is 0.359 e. The summed E-state index contributed by atoms with van der Waals surface area (Å²) in [7, 11) is 0. The van der Waals surface area contributed by atoms with E-state index in [1.807, 2.05) is 43.3 Å². The van der Waals surface area contributed by atoms with Gasteiger partial charge in [0.2, 0.25) is 17.7 Å². The van der Waals surface area contributed by atoms with Crippen molar-refractivity contribution in [3.8, 4) is 0 Å². The van der Waals surface area contributed by atoms with Crippen molar-refractivity contribution in [2.24, 2.45) is 17.8 Å². The number of rotatable bonds is 8. The van der Waals surface area contributed by atoms with Crippen molar-refractivity contribution in [2.75, 3.05) is 31.5 Å². The van der Waals surface area contributed by atoms with Crippen LogP contribution < -0.4 is 10.6 Å². The second-order valence-electron chi connectivity index (χ2n) is 12.8. The summed E-state index contributed by atoms with van der Waals surface area (Å²) in [6, 6.07) is 7.02. The number of piperidine rings is 1. The quantitative estimate of drug-likeness (QED) is 0.484. The van der Waals surface area contributed by atoms with Gasteiger partial charge < -0.3 is 25.2 Å². The summed E-state index contributed by atoms with van der Waals surface area (Å²) < 4.78 is 6.50. The maximum atomic E-state index is 14.2. The Bertz CT molecular complexity index is 1150. The van der Waals surface area contributed by atoms with Crippen molar-refractivity contribution >= 4 is 23.4 Å². The van der Waals surface area contributed by atoms with Gasteiger partial charge in [0.1, 0.15) is 11.6 Å². The number of nitrogens with one attached hydrogen (secondary N) is 2. The number of likely N-dealkylation sites (tertiary alicyclic amines) is 2. The summed E-state index contributed by atoms with van der Waals surface area (Å²) in [5, 5.41) is 6.29. The third-order valence-corrected chi connectivity index (χ3v) is 9.81. The van der Waals surface area contributed by atoms with Gasteiger partial charge in [-0.25, -0.2) is 0 Å². The maximum absolute atomic E-state index is 14.2. The van der Waals surface area contributed by atoms with E-state index in [9.17, 15) is 14.4 Å². The van der Waals surface area contributed by atoms with E-state index in [4.69, 9.17) is 4.74 Å². The number of benzene rings is 1. The monoisotopic (exact) mass is 548 g/mol. The number of ether oxygens (including phenoxy) is 1. The van der Waals surface area contributed by atoms with Crippen LogP contribution in [-0.2, 0) is 19.1 Å². The molecule has 2 bridgehead atoms. The van der Waals surface area contributed by atoms with E-state index >= 15 is 0 Å². The van der Waals surface area contributed by atoms with E-state index in [1.165, 1.54) is 19.3 Å². The summed E-state index contributed by atoms with van der Waals surface area (Å²) in [4.78, 5) is 46.0. The minimum atomic E-state index is -1.10. The molecule has 8 nitrogen and oxygen atoms in total. The van der Waals surface area contributed by atoms with Gasteiger partial charge in [0.25, 0.3) is 0 Å². The van der Waals surface area contributed by atoms with Crippen molar-refractivity contribution in [3.63, 3.8) is 0 Å². The minimum Gasteiger partial charge on any atom is -0.359 e. The molecule has 6 atom stereocenters. The first kappa shape index (κ1) is 27.5. The number of anilines is 1. The highest BCUT2D eigenvalue weighted by Gasteiger charge is 2.72. The van der Waals surface area contributed by atoms with Gasteiger partial charge in [0.05, 0.1) is 17.9 Å². The fraction of sp³-hybridized carbons (Fsp3) is 0.656. The van der Waals surface area contributed by atoms with E-state index in [0.717, 1.165) is 57.3 Å². The Hall–Kier alpha value is -2.71. The van der Waals surface area contributed by atoms with E-state index < -0.39 is 29.6 Å². The molecule has 0 unspecified atom stereocenters. The fourth-order valence-electron chi connectivity index (χ4n) is 7.85. The molecular formula is C32H44N4O4. The molecule has 1 aliphatic carbocycles. The van der Waals surface area contributed by atoms with Crippen molar-refractivity contribution in [1.82, 2.24) is 15.1 Å². The molecule has 0 aromatic heterocycles. The SMILES string of the molecule is Cc1ccc(NC(=O)[C@@H]2[C@@H]3C=C[C@]4(O3)[C@@H]2C(=O)N(CCCN2CCC[C@H](C)C2)[C@@H]4C(=O)NC2CCCCC2)cc1. The molecule has 4 heterocycles. The molecule has 1 aromatic carbocycles. The molecule has 40 heavy (non-hydrogen) atoms. The third kappa shape index (κ3) is 5.09. The lowest BCUT2D eigenvalue weighted by Gasteiger charge is -2.35. The van der Waals surface area contributed by atoms with Gasteiger partial charge in [-0.05, 0) is 70.2 Å². The van der Waals surface area contributed by atoms with Crippen LogP contribution in [0, 0.1) is 24.7 Å². The number of aryl methyl sites for hydroxylation is 1. The molecule has 3 saturated heterocycles. The molecule has 8 heteroatoms. The Balaban J connectivity index is 1.23. The van der Waals surface area contributed by atoms with Gasteiger partial charge in [-0.1, -0.05) is 56.0 Å². The zero-order chi connectivity index (χ0) is 27.9. The molecule has 5 aliphatic rings. The van der Waals surface area contributed by atoms with Crippen molar-refractivity contribution in [3.05, 3.63) is 42.0 Å². The molecule has 4 aliphatic heterocycles. The molecule has 0 radical (unpaired) electrons. The van der Waals surface area contributed by atoms with Gasteiger partial charge >= 0.3 is 0 Å². The zero-order valence-corrected chi connectivity index (χ0v) is 23.9. The van der Waals surface area contributed by atoms with E-state index in [-0.39, 0.29) is 23.8 Å². The number of fused-ring (bicyclic) bond motifs is 1. The normalized spacial score (nSPS) is 33.8.